The number of benzene rings is 3. The molecule has 0 saturated heterocycles. The van der Waals surface area contributed by atoms with Gasteiger partial charge in [-0.1, -0.05) is 17.7 Å². The smallest absolute Gasteiger partial charge is 0.261 e. The van der Waals surface area contributed by atoms with Gasteiger partial charge in [-0.3, -0.25) is 9.52 Å². The molecular weight excluding hydrogens is 508 g/mol. The molecule has 0 spiro atoms. The van der Waals surface area contributed by atoms with Gasteiger partial charge < -0.3 is 24.3 Å². The standard InChI is InChI=1S/C25H27ClN2O7S/c1-16(17-5-11-23(33-3)24(13-17)34-4)27-25(29)15-35-19-7-9-20(10-8-19)36(30,31)28-18-6-12-22(32-2)21(26)14-18/h5-14,16,28H,15H2,1-4H3,(H,27,29)/t16-/m0/s1. The molecule has 9 nitrogen and oxygen atoms in total. The van der Waals surface area contributed by atoms with Gasteiger partial charge in [-0.15, -0.1) is 0 Å². The van der Waals surface area contributed by atoms with E-state index in [1.807, 2.05) is 13.0 Å². The van der Waals surface area contributed by atoms with Gasteiger partial charge in [0.15, 0.2) is 18.1 Å². The van der Waals surface area contributed by atoms with Crippen molar-refractivity contribution in [3.05, 3.63) is 71.2 Å². The predicted octanol–water partition coefficient (Wildman–Crippen LogP) is 4.42. The van der Waals surface area contributed by atoms with Gasteiger partial charge in [-0.05, 0) is 67.1 Å². The van der Waals surface area contributed by atoms with Crippen LogP contribution in [0.5, 0.6) is 23.0 Å². The van der Waals surface area contributed by atoms with Gasteiger partial charge >= 0.3 is 0 Å². The molecule has 0 heterocycles. The third-order valence-electron chi connectivity index (χ3n) is 5.19. The van der Waals surface area contributed by atoms with E-state index in [9.17, 15) is 13.2 Å². The van der Waals surface area contributed by atoms with Crippen molar-refractivity contribution in [1.82, 2.24) is 5.32 Å². The summed E-state index contributed by atoms with van der Waals surface area (Å²) in [4.78, 5) is 12.4. The fourth-order valence-electron chi connectivity index (χ4n) is 3.30. The van der Waals surface area contributed by atoms with Crippen molar-refractivity contribution in [2.24, 2.45) is 0 Å². The van der Waals surface area contributed by atoms with Crippen LogP contribution in [0.3, 0.4) is 0 Å². The molecule has 3 aromatic carbocycles. The number of carbonyl (C=O) groups excluding carboxylic acids is 1. The van der Waals surface area contributed by atoms with E-state index < -0.39 is 10.0 Å². The Bertz CT molecular complexity index is 1310. The van der Waals surface area contributed by atoms with E-state index in [0.29, 0.717) is 28.7 Å². The highest BCUT2D eigenvalue weighted by molar-refractivity contribution is 7.92. The van der Waals surface area contributed by atoms with E-state index in [1.54, 1.807) is 38.5 Å². The van der Waals surface area contributed by atoms with Crippen molar-refractivity contribution in [3.8, 4) is 23.0 Å². The second-order valence-corrected chi connectivity index (χ2v) is 9.71. The third kappa shape index (κ3) is 6.73. The minimum atomic E-state index is -3.86. The van der Waals surface area contributed by atoms with Crippen LogP contribution in [0, 0.1) is 0 Å². The summed E-state index contributed by atoms with van der Waals surface area (Å²) in [5.41, 5.74) is 1.13. The molecule has 3 aromatic rings. The Hall–Kier alpha value is -3.63. The summed E-state index contributed by atoms with van der Waals surface area (Å²) in [6.45, 7) is 1.59. The average molecular weight is 535 g/mol. The number of halogens is 1. The van der Waals surface area contributed by atoms with Gasteiger partial charge in [-0.2, -0.15) is 0 Å². The predicted molar refractivity (Wildman–Crippen MR) is 137 cm³/mol. The molecule has 0 bridgehead atoms. The van der Waals surface area contributed by atoms with Crippen LogP contribution in [0.25, 0.3) is 0 Å². The molecule has 2 N–H and O–H groups in total. The number of rotatable bonds is 11. The van der Waals surface area contributed by atoms with Crippen molar-refractivity contribution in [2.45, 2.75) is 17.9 Å². The topological polar surface area (TPSA) is 112 Å². The normalized spacial score (nSPS) is 11.8. The van der Waals surface area contributed by atoms with Gasteiger partial charge in [0.2, 0.25) is 0 Å². The second-order valence-electron chi connectivity index (χ2n) is 7.62. The van der Waals surface area contributed by atoms with Gasteiger partial charge in [0, 0.05) is 0 Å². The SMILES string of the molecule is COc1ccc(NS(=O)(=O)c2ccc(OCC(=O)N[C@@H](C)c3ccc(OC)c(OC)c3)cc2)cc1Cl. The molecule has 3 rings (SSSR count). The van der Waals surface area contributed by atoms with Crippen molar-refractivity contribution >= 4 is 33.2 Å². The van der Waals surface area contributed by atoms with Crippen molar-refractivity contribution in [2.75, 3.05) is 32.7 Å². The van der Waals surface area contributed by atoms with Gasteiger partial charge in [0.25, 0.3) is 15.9 Å². The highest BCUT2D eigenvalue weighted by Gasteiger charge is 2.16. The van der Waals surface area contributed by atoms with E-state index in [1.165, 1.54) is 37.4 Å². The Kier molecular flexibility index (Phi) is 8.89. The first-order chi connectivity index (χ1) is 17.2. The molecule has 1 atom stereocenters. The Morgan fingerprint density at radius 1 is 0.889 bits per heavy atom. The Morgan fingerprint density at radius 2 is 1.53 bits per heavy atom. The summed E-state index contributed by atoms with van der Waals surface area (Å²) in [7, 11) is 0.704. The van der Waals surface area contributed by atoms with Crippen LogP contribution in [0.15, 0.2) is 65.6 Å². The van der Waals surface area contributed by atoms with Gasteiger partial charge in [0.1, 0.15) is 11.5 Å². The summed E-state index contributed by atoms with van der Waals surface area (Å²) in [5, 5.41) is 3.12. The molecular formula is C25H27ClN2O7S. The van der Waals surface area contributed by atoms with E-state index in [0.717, 1.165) is 5.56 Å². The molecule has 192 valence electrons. The fraction of sp³-hybridized carbons (Fsp3) is 0.240. The average Bonchev–Trinajstić information content (AvgIpc) is 2.87. The zero-order valence-electron chi connectivity index (χ0n) is 20.2. The first kappa shape index (κ1) is 27.0. The summed E-state index contributed by atoms with van der Waals surface area (Å²) in [6, 6.07) is 15.4. The summed E-state index contributed by atoms with van der Waals surface area (Å²) >= 11 is 6.06. The van der Waals surface area contributed by atoms with Crippen LogP contribution < -0.4 is 29.0 Å². The van der Waals surface area contributed by atoms with E-state index in [4.69, 9.17) is 30.5 Å². The molecule has 0 fully saturated rings. The maximum absolute atomic E-state index is 12.7. The first-order valence-electron chi connectivity index (χ1n) is 10.8. The number of ether oxygens (including phenoxy) is 4. The monoisotopic (exact) mass is 534 g/mol. The number of nitrogens with one attached hydrogen (secondary N) is 2. The lowest BCUT2D eigenvalue weighted by Gasteiger charge is -2.17. The number of sulfonamides is 1. The first-order valence-corrected chi connectivity index (χ1v) is 12.6. The number of hydrogen-bond acceptors (Lipinski definition) is 7. The molecule has 0 saturated carbocycles. The molecule has 0 aliphatic rings. The zero-order valence-corrected chi connectivity index (χ0v) is 21.8. The minimum absolute atomic E-state index is 0.0216. The van der Waals surface area contributed by atoms with Crippen molar-refractivity contribution < 1.29 is 32.2 Å². The van der Waals surface area contributed by atoms with Crippen LogP contribution in [-0.4, -0.2) is 42.3 Å². The van der Waals surface area contributed by atoms with E-state index in [2.05, 4.69) is 10.0 Å². The van der Waals surface area contributed by atoms with Gasteiger partial charge in [0.05, 0.1) is 43.0 Å². The van der Waals surface area contributed by atoms with Crippen LogP contribution in [0.2, 0.25) is 5.02 Å². The lowest BCUT2D eigenvalue weighted by molar-refractivity contribution is -0.123. The van der Waals surface area contributed by atoms with Crippen LogP contribution in [-0.2, 0) is 14.8 Å². The van der Waals surface area contributed by atoms with Crippen LogP contribution in [0.1, 0.15) is 18.5 Å². The van der Waals surface area contributed by atoms with E-state index in [-0.39, 0.29) is 28.5 Å². The maximum Gasteiger partial charge on any atom is 0.261 e. The lowest BCUT2D eigenvalue weighted by atomic mass is 10.1. The number of amides is 1. The maximum atomic E-state index is 12.7. The Balaban J connectivity index is 1.57. The molecule has 0 unspecified atom stereocenters. The van der Waals surface area contributed by atoms with E-state index >= 15 is 0 Å². The Labute approximate surface area is 215 Å². The van der Waals surface area contributed by atoms with Crippen molar-refractivity contribution in [3.63, 3.8) is 0 Å². The number of methoxy groups -OCH3 is 3. The Morgan fingerprint density at radius 3 is 2.14 bits per heavy atom. The molecule has 11 heteroatoms. The number of hydrogen-bond donors (Lipinski definition) is 2. The third-order valence-corrected chi connectivity index (χ3v) is 6.89. The summed E-state index contributed by atoms with van der Waals surface area (Å²) < 4.78 is 48.9. The second kappa shape index (κ2) is 11.9. The number of carbonyl (C=O) groups is 1. The van der Waals surface area contributed by atoms with Crippen molar-refractivity contribution in [1.29, 1.82) is 0 Å². The van der Waals surface area contributed by atoms with Crippen LogP contribution in [0.4, 0.5) is 5.69 Å². The summed E-state index contributed by atoms with van der Waals surface area (Å²) in [6.07, 6.45) is 0. The molecule has 1 amide bonds. The lowest BCUT2D eigenvalue weighted by Crippen LogP contribution is -2.31. The van der Waals surface area contributed by atoms with Gasteiger partial charge in [-0.25, -0.2) is 8.42 Å². The molecule has 0 radical (unpaired) electrons. The summed E-state index contributed by atoms with van der Waals surface area (Å²) in [5.74, 6) is 1.59. The molecule has 36 heavy (non-hydrogen) atoms. The zero-order chi connectivity index (χ0) is 26.3. The molecule has 0 aliphatic heterocycles. The van der Waals surface area contributed by atoms with Crippen LogP contribution >= 0.6 is 11.6 Å². The largest absolute Gasteiger partial charge is 0.495 e. The fourth-order valence-corrected chi connectivity index (χ4v) is 4.60. The highest BCUT2D eigenvalue weighted by atomic mass is 35.5. The quantitative estimate of drug-likeness (QED) is 0.374. The minimum Gasteiger partial charge on any atom is -0.495 e. The molecule has 0 aromatic heterocycles. The number of anilines is 1. The molecule has 0 aliphatic carbocycles. The highest BCUT2D eigenvalue weighted by Crippen LogP contribution is 2.30.